The van der Waals surface area contributed by atoms with E-state index in [1.54, 1.807) is 0 Å². The van der Waals surface area contributed by atoms with Gasteiger partial charge in [0.1, 0.15) is 17.3 Å². The zero-order chi connectivity index (χ0) is 13.7. The first-order valence-electron chi connectivity index (χ1n) is 5.66. The van der Waals surface area contributed by atoms with Crippen molar-refractivity contribution in [2.24, 2.45) is 0 Å². The molecule has 1 aromatic heterocycles. The number of benzene rings is 1. The summed E-state index contributed by atoms with van der Waals surface area (Å²) in [6.07, 6.45) is 2.47. The molecule has 2 N–H and O–H groups in total. The predicted octanol–water partition coefficient (Wildman–Crippen LogP) is 3.52. The minimum Gasteiger partial charge on any atom is -0.368 e. The van der Waals surface area contributed by atoms with Crippen LogP contribution in [0.3, 0.4) is 0 Å². The van der Waals surface area contributed by atoms with Gasteiger partial charge in [-0.3, -0.25) is 0 Å². The number of anilines is 1. The SMILES string of the molecule is N=Cc1c(Cl)ncnc1NCC(Cl)c1ccccc1. The van der Waals surface area contributed by atoms with Gasteiger partial charge in [-0.05, 0) is 5.56 Å². The van der Waals surface area contributed by atoms with Crippen LogP contribution in [0.2, 0.25) is 5.15 Å². The first-order valence-corrected chi connectivity index (χ1v) is 6.47. The Labute approximate surface area is 121 Å². The highest BCUT2D eigenvalue weighted by Crippen LogP contribution is 2.22. The number of aromatic nitrogens is 2. The van der Waals surface area contributed by atoms with Crippen LogP contribution < -0.4 is 5.32 Å². The Hall–Kier alpha value is -1.65. The largest absolute Gasteiger partial charge is 0.368 e. The summed E-state index contributed by atoms with van der Waals surface area (Å²) in [6, 6.07) is 9.75. The monoisotopic (exact) mass is 294 g/mol. The molecule has 98 valence electrons. The van der Waals surface area contributed by atoms with Crippen LogP contribution in [0.15, 0.2) is 36.7 Å². The van der Waals surface area contributed by atoms with E-state index in [2.05, 4.69) is 15.3 Å². The Morgan fingerprint density at radius 3 is 2.68 bits per heavy atom. The predicted molar refractivity (Wildman–Crippen MR) is 78.5 cm³/mol. The Balaban J connectivity index is 2.07. The number of nitrogens with one attached hydrogen (secondary N) is 2. The molecule has 0 aliphatic rings. The van der Waals surface area contributed by atoms with Crippen molar-refractivity contribution in [3.8, 4) is 0 Å². The molecule has 0 aliphatic carbocycles. The van der Waals surface area contributed by atoms with Crippen molar-refractivity contribution in [1.29, 1.82) is 5.41 Å². The van der Waals surface area contributed by atoms with Crippen molar-refractivity contribution in [3.63, 3.8) is 0 Å². The first-order chi connectivity index (χ1) is 9.22. The zero-order valence-corrected chi connectivity index (χ0v) is 11.5. The highest BCUT2D eigenvalue weighted by Gasteiger charge is 2.11. The van der Waals surface area contributed by atoms with Crippen molar-refractivity contribution in [3.05, 3.63) is 52.9 Å². The van der Waals surface area contributed by atoms with E-state index in [1.807, 2.05) is 30.3 Å². The lowest BCUT2D eigenvalue weighted by Gasteiger charge is -2.13. The number of rotatable bonds is 5. The minimum atomic E-state index is -0.187. The topological polar surface area (TPSA) is 61.7 Å². The second-order valence-corrected chi connectivity index (χ2v) is 4.72. The zero-order valence-electron chi connectivity index (χ0n) is 9.98. The van der Waals surface area contributed by atoms with Crippen LogP contribution in [0.1, 0.15) is 16.5 Å². The number of nitrogens with zero attached hydrogens (tertiary/aromatic N) is 2. The maximum absolute atomic E-state index is 7.31. The Bertz CT molecular complexity index is 560. The molecule has 1 heterocycles. The van der Waals surface area contributed by atoms with Gasteiger partial charge in [0.25, 0.3) is 0 Å². The summed E-state index contributed by atoms with van der Waals surface area (Å²) < 4.78 is 0. The lowest BCUT2D eigenvalue weighted by molar-refractivity contribution is 0.962. The second kappa shape index (κ2) is 6.50. The summed E-state index contributed by atoms with van der Waals surface area (Å²) in [4.78, 5) is 7.89. The van der Waals surface area contributed by atoms with E-state index in [4.69, 9.17) is 28.6 Å². The van der Waals surface area contributed by atoms with Crippen molar-refractivity contribution in [2.75, 3.05) is 11.9 Å². The molecule has 2 aromatic rings. The number of halogens is 2. The van der Waals surface area contributed by atoms with Crippen LogP contribution in [0.25, 0.3) is 0 Å². The van der Waals surface area contributed by atoms with E-state index in [0.29, 0.717) is 17.9 Å². The molecule has 0 spiro atoms. The lowest BCUT2D eigenvalue weighted by Crippen LogP contribution is -2.11. The minimum absolute atomic E-state index is 0.187. The fourth-order valence-electron chi connectivity index (χ4n) is 1.61. The molecule has 0 amide bonds. The van der Waals surface area contributed by atoms with Gasteiger partial charge in [-0.2, -0.15) is 0 Å². The Morgan fingerprint density at radius 1 is 1.26 bits per heavy atom. The molecule has 0 radical (unpaired) electrons. The van der Waals surface area contributed by atoms with Gasteiger partial charge in [-0.1, -0.05) is 41.9 Å². The van der Waals surface area contributed by atoms with Crippen molar-refractivity contribution < 1.29 is 0 Å². The van der Waals surface area contributed by atoms with E-state index in [-0.39, 0.29) is 10.5 Å². The molecular formula is C13H12Cl2N4. The molecule has 6 heteroatoms. The summed E-state index contributed by atoms with van der Waals surface area (Å²) in [6.45, 7) is 0.486. The van der Waals surface area contributed by atoms with Crippen LogP contribution in [0.5, 0.6) is 0 Å². The second-order valence-electron chi connectivity index (χ2n) is 3.83. The van der Waals surface area contributed by atoms with E-state index in [0.717, 1.165) is 11.8 Å². The van der Waals surface area contributed by atoms with Crippen LogP contribution >= 0.6 is 23.2 Å². The Kier molecular flexibility index (Phi) is 4.71. The molecule has 2 rings (SSSR count). The average molecular weight is 295 g/mol. The van der Waals surface area contributed by atoms with Crippen molar-refractivity contribution in [1.82, 2.24) is 9.97 Å². The molecule has 0 aliphatic heterocycles. The van der Waals surface area contributed by atoms with Crippen molar-refractivity contribution >= 4 is 35.2 Å². The maximum Gasteiger partial charge on any atom is 0.143 e. The van der Waals surface area contributed by atoms with Gasteiger partial charge in [0, 0.05) is 12.8 Å². The fourth-order valence-corrected chi connectivity index (χ4v) is 2.02. The fraction of sp³-hybridized carbons (Fsp3) is 0.154. The molecule has 1 aromatic carbocycles. The normalized spacial score (nSPS) is 11.9. The highest BCUT2D eigenvalue weighted by molar-refractivity contribution is 6.32. The quantitative estimate of drug-likeness (QED) is 0.504. The maximum atomic E-state index is 7.31. The van der Waals surface area contributed by atoms with Gasteiger partial charge in [0.05, 0.1) is 10.9 Å². The highest BCUT2D eigenvalue weighted by atomic mass is 35.5. The van der Waals surface area contributed by atoms with Crippen LogP contribution in [0.4, 0.5) is 5.82 Å². The van der Waals surface area contributed by atoms with E-state index < -0.39 is 0 Å². The molecule has 19 heavy (non-hydrogen) atoms. The van der Waals surface area contributed by atoms with Gasteiger partial charge in [-0.25, -0.2) is 9.97 Å². The molecule has 1 atom stereocenters. The van der Waals surface area contributed by atoms with E-state index >= 15 is 0 Å². The summed E-state index contributed by atoms with van der Waals surface area (Å²) in [5.74, 6) is 0.511. The van der Waals surface area contributed by atoms with E-state index in [9.17, 15) is 0 Å². The number of hydrogen-bond acceptors (Lipinski definition) is 4. The van der Waals surface area contributed by atoms with Gasteiger partial charge in [0.15, 0.2) is 0 Å². The standard InChI is InChI=1S/C13H12Cl2N4/c14-11(9-4-2-1-3-5-9)7-17-13-10(6-16)12(15)18-8-19-13/h1-6,8,11,16H,7H2,(H,17,18,19). The van der Waals surface area contributed by atoms with Gasteiger partial charge < -0.3 is 10.7 Å². The Morgan fingerprint density at radius 2 is 2.00 bits per heavy atom. The van der Waals surface area contributed by atoms with Gasteiger partial charge >= 0.3 is 0 Å². The third kappa shape index (κ3) is 3.43. The van der Waals surface area contributed by atoms with E-state index in [1.165, 1.54) is 6.33 Å². The summed E-state index contributed by atoms with van der Waals surface area (Å²) >= 11 is 12.2. The van der Waals surface area contributed by atoms with Gasteiger partial charge in [-0.15, -0.1) is 11.6 Å². The van der Waals surface area contributed by atoms with Crippen LogP contribution in [-0.4, -0.2) is 22.7 Å². The molecule has 0 bridgehead atoms. The third-order valence-electron chi connectivity index (χ3n) is 2.59. The molecule has 0 saturated carbocycles. The average Bonchev–Trinajstić information content (AvgIpc) is 2.45. The molecular weight excluding hydrogens is 283 g/mol. The van der Waals surface area contributed by atoms with Crippen LogP contribution in [-0.2, 0) is 0 Å². The van der Waals surface area contributed by atoms with Gasteiger partial charge in [0.2, 0.25) is 0 Å². The molecule has 0 saturated heterocycles. The van der Waals surface area contributed by atoms with Crippen molar-refractivity contribution in [2.45, 2.75) is 5.38 Å². The molecule has 1 unspecified atom stereocenters. The lowest BCUT2D eigenvalue weighted by atomic mass is 10.1. The summed E-state index contributed by atoms with van der Waals surface area (Å²) in [5.41, 5.74) is 1.48. The first kappa shape index (κ1) is 13.8. The number of hydrogen-bond donors (Lipinski definition) is 2. The summed E-state index contributed by atoms with van der Waals surface area (Å²) in [7, 11) is 0. The molecule has 0 fully saturated rings. The smallest absolute Gasteiger partial charge is 0.143 e. The molecule has 4 nitrogen and oxygen atoms in total. The summed E-state index contributed by atoms with van der Waals surface area (Å²) in [5, 5.41) is 10.5. The van der Waals surface area contributed by atoms with Crippen LogP contribution in [0, 0.1) is 5.41 Å². The third-order valence-corrected chi connectivity index (χ3v) is 3.30. The number of alkyl halides is 1.